The number of amides is 1. The highest BCUT2D eigenvalue weighted by molar-refractivity contribution is 5.80. The van der Waals surface area contributed by atoms with Gasteiger partial charge in [0.2, 0.25) is 5.91 Å². The summed E-state index contributed by atoms with van der Waals surface area (Å²) in [7, 11) is 0. The molecule has 6 atom stereocenters. The number of carbonyl (C=O) groups is 6. The van der Waals surface area contributed by atoms with E-state index in [0.717, 1.165) is 34.6 Å². The summed E-state index contributed by atoms with van der Waals surface area (Å²) in [6.45, 7) is 4.38. The fourth-order valence-corrected chi connectivity index (χ4v) is 3.52. The molecule has 0 aromatic carbocycles. The molecular formula is C19H26N4O12. The van der Waals surface area contributed by atoms with Crippen LogP contribution in [-0.4, -0.2) is 83.6 Å². The molecule has 0 bridgehead atoms. The molecule has 1 saturated heterocycles. The summed E-state index contributed by atoms with van der Waals surface area (Å²) >= 11 is 0. The quantitative estimate of drug-likeness (QED) is 0.129. The minimum atomic E-state index is -2.76. The van der Waals surface area contributed by atoms with Crippen LogP contribution in [0.5, 0.6) is 0 Å². The van der Waals surface area contributed by atoms with Gasteiger partial charge in [0, 0.05) is 39.5 Å². The van der Waals surface area contributed by atoms with Gasteiger partial charge in [-0.25, -0.2) is 4.79 Å². The number of nitrogens with zero attached hydrogens (tertiary/aromatic N) is 3. The van der Waals surface area contributed by atoms with E-state index in [1.807, 2.05) is 0 Å². The largest absolute Gasteiger partial charge is 0.476 e. The first-order chi connectivity index (χ1) is 16.2. The van der Waals surface area contributed by atoms with E-state index < -0.39 is 85.0 Å². The lowest BCUT2D eigenvalue weighted by Gasteiger charge is -2.47. The first kappa shape index (κ1) is 29.1. The van der Waals surface area contributed by atoms with Gasteiger partial charge in [-0.1, -0.05) is 5.11 Å². The van der Waals surface area contributed by atoms with Gasteiger partial charge < -0.3 is 34.1 Å². The minimum Gasteiger partial charge on any atom is -0.476 e. The number of esters is 4. The highest BCUT2D eigenvalue weighted by Gasteiger charge is 2.59. The number of aliphatic carboxylic acids is 1. The molecule has 0 radical (unpaired) electrons. The van der Waals surface area contributed by atoms with Crippen molar-refractivity contribution in [1.29, 1.82) is 0 Å². The minimum absolute atomic E-state index is 0.605. The van der Waals surface area contributed by atoms with Crippen LogP contribution < -0.4 is 5.32 Å². The van der Waals surface area contributed by atoms with Crippen molar-refractivity contribution < 1.29 is 57.6 Å². The van der Waals surface area contributed by atoms with Gasteiger partial charge in [-0.05, 0) is 5.53 Å². The van der Waals surface area contributed by atoms with Crippen molar-refractivity contribution in [3.05, 3.63) is 10.4 Å². The van der Waals surface area contributed by atoms with Gasteiger partial charge in [0.05, 0.1) is 19.0 Å². The summed E-state index contributed by atoms with van der Waals surface area (Å²) in [5.41, 5.74) is 8.72. The maximum Gasteiger partial charge on any atom is 0.377 e. The average molecular weight is 502 g/mol. The second-order valence-electron chi connectivity index (χ2n) is 7.45. The highest BCUT2D eigenvalue weighted by Crippen LogP contribution is 2.36. The molecule has 0 aromatic heterocycles. The number of carboxylic acids is 1. The van der Waals surface area contributed by atoms with Gasteiger partial charge in [0.15, 0.2) is 6.10 Å². The number of hydrogen-bond donors (Lipinski definition) is 2. The van der Waals surface area contributed by atoms with Crippen molar-refractivity contribution in [3.63, 3.8) is 0 Å². The van der Waals surface area contributed by atoms with Crippen molar-refractivity contribution in [1.82, 2.24) is 5.32 Å². The molecule has 16 heteroatoms. The SMILES string of the molecule is CC(=O)N[C@H]1[C@H]([C@H](OC(C)=O)[C@@H](CN=[N+]=[N-])OC(C)=O)OC(OC(C)=O)(C(=O)O)C[C@@H]1OC(C)=O. The molecule has 1 aliphatic rings. The number of azide groups is 1. The average Bonchev–Trinajstić information content (AvgIpc) is 2.69. The molecule has 16 nitrogen and oxygen atoms in total. The van der Waals surface area contributed by atoms with E-state index in [1.165, 1.54) is 0 Å². The molecule has 1 heterocycles. The number of rotatable bonds is 10. The van der Waals surface area contributed by atoms with Crippen LogP contribution in [0.1, 0.15) is 41.0 Å². The Balaban J connectivity index is 3.79. The molecule has 1 rings (SSSR count). The first-order valence-electron chi connectivity index (χ1n) is 10.1. The van der Waals surface area contributed by atoms with Crippen LogP contribution >= 0.6 is 0 Å². The standard InChI is InChI=1S/C19H26N4O12/c1-8(24)22-15-13(31-9(2)25)6-19(18(29)30,34-12(5)28)35-17(15)16(33-11(4)27)14(7-21-23-20)32-10(3)26/h13-17H,6-7H2,1-5H3,(H,22,24)(H,29,30)/t13-,14+,15+,16+,17+,19?/m0/s1. The van der Waals surface area contributed by atoms with Gasteiger partial charge in [-0.2, -0.15) is 0 Å². The zero-order chi connectivity index (χ0) is 26.9. The van der Waals surface area contributed by atoms with Crippen molar-refractivity contribution in [2.24, 2.45) is 5.11 Å². The summed E-state index contributed by atoms with van der Waals surface area (Å²) in [5, 5.41) is 15.6. The van der Waals surface area contributed by atoms with E-state index in [9.17, 15) is 33.9 Å². The smallest absolute Gasteiger partial charge is 0.377 e. The van der Waals surface area contributed by atoms with Crippen LogP contribution in [0.4, 0.5) is 0 Å². The topological polar surface area (TPSA) is 230 Å². The molecule has 0 spiro atoms. The van der Waals surface area contributed by atoms with Crippen LogP contribution in [0.15, 0.2) is 5.11 Å². The van der Waals surface area contributed by atoms with Gasteiger partial charge in [0.25, 0.3) is 0 Å². The fourth-order valence-electron chi connectivity index (χ4n) is 3.52. The predicted molar refractivity (Wildman–Crippen MR) is 110 cm³/mol. The summed E-state index contributed by atoms with van der Waals surface area (Å²) in [4.78, 5) is 73.8. The van der Waals surface area contributed by atoms with Crippen molar-refractivity contribution in [3.8, 4) is 0 Å². The van der Waals surface area contributed by atoms with E-state index in [-0.39, 0.29) is 0 Å². The lowest BCUT2D eigenvalue weighted by molar-refractivity contribution is -0.302. The molecule has 1 aliphatic heterocycles. The number of carboxylic acid groups (broad SMARTS) is 1. The van der Waals surface area contributed by atoms with Crippen LogP contribution in [0.25, 0.3) is 10.4 Å². The van der Waals surface area contributed by atoms with E-state index in [1.54, 1.807) is 0 Å². The second kappa shape index (κ2) is 12.5. The third-order valence-electron chi connectivity index (χ3n) is 4.51. The predicted octanol–water partition coefficient (Wildman–Crippen LogP) is -0.271. The van der Waals surface area contributed by atoms with Gasteiger partial charge in [-0.15, -0.1) is 0 Å². The van der Waals surface area contributed by atoms with Gasteiger partial charge in [-0.3, -0.25) is 24.0 Å². The third kappa shape index (κ3) is 8.42. The number of ether oxygens (including phenoxy) is 5. The fraction of sp³-hybridized carbons (Fsp3) is 0.684. The zero-order valence-corrected chi connectivity index (χ0v) is 19.6. The molecule has 35 heavy (non-hydrogen) atoms. The molecule has 0 saturated carbocycles. The number of hydrogen-bond acceptors (Lipinski definition) is 12. The van der Waals surface area contributed by atoms with Crippen LogP contribution in [-0.2, 0) is 52.5 Å². The molecular weight excluding hydrogens is 476 g/mol. The lowest BCUT2D eigenvalue weighted by Crippen LogP contribution is -2.69. The van der Waals surface area contributed by atoms with Crippen molar-refractivity contribution in [2.75, 3.05) is 6.54 Å². The Kier molecular flexibility index (Phi) is 10.4. The van der Waals surface area contributed by atoms with Crippen molar-refractivity contribution >= 4 is 35.8 Å². The second-order valence-corrected chi connectivity index (χ2v) is 7.45. The first-order valence-corrected chi connectivity index (χ1v) is 10.1. The lowest BCUT2D eigenvalue weighted by atomic mass is 9.88. The molecule has 0 aromatic rings. The maximum absolute atomic E-state index is 12.2. The normalized spacial score (nSPS) is 25.0. The number of carbonyl (C=O) groups excluding carboxylic acids is 5. The Bertz CT molecular complexity index is 914. The van der Waals surface area contributed by atoms with Gasteiger partial charge >= 0.3 is 35.6 Å². The Labute approximate surface area is 198 Å². The summed E-state index contributed by atoms with van der Waals surface area (Å²) in [6, 6.07) is -1.40. The Morgan fingerprint density at radius 2 is 1.66 bits per heavy atom. The van der Waals surface area contributed by atoms with Crippen molar-refractivity contribution in [2.45, 2.75) is 77.3 Å². The Morgan fingerprint density at radius 1 is 1.06 bits per heavy atom. The Hall–Kier alpha value is -3.91. The van der Waals surface area contributed by atoms with E-state index in [0.29, 0.717) is 0 Å². The molecule has 1 fully saturated rings. The summed E-state index contributed by atoms with van der Waals surface area (Å²) < 4.78 is 26.1. The molecule has 2 N–H and O–H groups in total. The zero-order valence-electron chi connectivity index (χ0n) is 19.6. The van der Waals surface area contributed by atoms with Crippen LogP contribution in [0.3, 0.4) is 0 Å². The van der Waals surface area contributed by atoms with Crippen LogP contribution in [0.2, 0.25) is 0 Å². The third-order valence-corrected chi connectivity index (χ3v) is 4.51. The molecule has 194 valence electrons. The molecule has 0 aliphatic carbocycles. The highest BCUT2D eigenvalue weighted by atomic mass is 16.7. The number of nitrogens with one attached hydrogen (secondary N) is 1. The van der Waals surface area contributed by atoms with E-state index in [2.05, 4.69) is 15.3 Å². The van der Waals surface area contributed by atoms with Gasteiger partial charge in [0.1, 0.15) is 18.3 Å². The summed E-state index contributed by atoms with van der Waals surface area (Å²) in [5.74, 6) is -9.07. The summed E-state index contributed by atoms with van der Waals surface area (Å²) in [6.07, 6.45) is -7.28. The van der Waals surface area contributed by atoms with E-state index in [4.69, 9.17) is 29.2 Å². The Morgan fingerprint density at radius 3 is 2.09 bits per heavy atom. The van der Waals surface area contributed by atoms with E-state index >= 15 is 0 Å². The molecule has 1 amide bonds. The maximum atomic E-state index is 12.2. The van der Waals surface area contributed by atoms with Crippen LogP contribution in [0, 0.1) is 0 Å². The monoisotopic (exact) mass is 502 g/mol. The molecule has 1 unspecified atom stereocenters.